The maximum Gasteiger partial charge on any atom is 0.343 e. The van der Waals surface area contributed by atoms with Gasteiger partial charge in [0.25, 0.3) is 0 Å². The average molecular weight is 809 g/mol. The molecule has 0 spiro atoms. The van der Waals surface area contributed by atoms with Gasteiger partial charge in [-0.3, -0.25) is 9.98 Å². The summed E-state index contributed by atoms with van der Waals surface area (Å²) in [6.07, 6.45) is 21.1. The lowest BCUT2D eigenvalue weighted by Gasteiger charge is -2.08. The van der Waals surface area contributed by atoms with Crippen molar-refractivity contribution in [1.29, 1.82) is 0 Å². The van der Waals surface area contributed by atoms with Crippen LogP contribution in [-0.2, 0) is 0 Å². The first-order chi connectivity index (χ1) is 29.5. The monoisotopic (exact) mass is 808 g/mol. The quantitative estimate of drug-likeness (QED) is 0.0239. The molecule has 5 rings (SSSR count). The number of carbonyl (C=O) groups is 2. The molecule has 0 bridgehead atoms. The van der Waals surface area contributed by atoms with Crippen molar-refractivity contribution < 1.29 is 28.5 Å². The molecule has 0 atom stereocenters. The fourth-order valence-corrected chi connectivity index (χ4v) is 6.40. The van der Waals surface area contributed by atoms with Crippen LogP contribution in [0.5, 0.6) is 23.0 Å². The van der Waals surface area contributed by atoms with E-state index >= 15 is 0 Å². The molecule has 5 aromatic carbocycles. The smallest absolute Gasteiger partial charge is 0.343 e. The molecule has 0 aromatic heterocycles. The van der Waals surface area contributed by atoms with Gasteiger partial charge < -0.3 is 18.9 Å². The van der Waals surface area contributed by atoms with E-state index in [0.29, 0.717) is 11.1 Å². The number of benzene rings is 5. The number of hydrogen-bond acceptors (Lipinski definition) is 8. The second-order valence-corrected chi connectivity index (χ2v) is 14.9. The summed E-state index contributed by atoms with van der Waals surface area (Å²) in [5.74, 6) is 1.13. The van der Waals surface area contributed by atoms with Gasteiger partial charge in [-0.15, -0.1) is 0 Å². The highest BCUT2D eigenvalue weighted by atomic mass is 16.5. The van der Waals surface area contributed by atoms with Crippen molar-refractivity contribution in [2.45, 2.75) is 104 Å². The lowest BCUT2D eigenvalue weighted by molar-refractivity contribution is 0.0732. The second-order valence-electron chi connectivity index (χ2n) is 14.9. The Labute approximate surface area is 356 Å². The highest BCUT2D eigenvalue weighted by Gasteiger charge is 2.12. The SMILES string of the molecule is CCCCCCCCCOc1ccc(N=Cc2ccc(C(=O)Oc3cccc(OC(=O)c4ccc(C=Nc5ccc(OCCCCCCCCC)cc5)cc4)c3)cc2)cc1. The number of nitrogens with zero attached hydrogens (tertiary/aromatic N) is 2. The molecule has 0 aliphatic carbocycles. The highest BCUT2D eigenvalue weighted by Crippen LogP contribution is 2.23. The van der Waals surface area contributed by atoms with Crippen LogP contribution >= 0.6 is 0 Å². The van der Waals surface area contributed by atoms with Crippen LogP contribution in [0.2, 0.25) is 0 Å². The van der Waals surface area contributed by atoms with Crippen LogP contribution in [0.1, 0.15) is 136 Å². The number of ether oxygens (including phenoxy) is 4. The topological polar surface area (TPSA) is 95.8 Å². The third kappa shape index (κ3) is 16.7. The summed E-state index contributed by atoms with van der Waals surface area (Å²) in [6, 6.07) is 35.9. The maximum atomic E-state index is 12.9. The third-order valence-electron chi connectivity index (χ3n) is 9.95. The molecule has 5 aromatic rings. The molecule has 0 aliphatic rings. The largest absolute Gasteiger partial charge is 0.494 e. The summed E-state index contributed by atoms with van der Waals surface area (Å²) >= 11 is 0. The number of rotatable bonds is 26. The Morgan fingerprint density at radius 2 is 0.800 bits per heavy atom. The summed E-state index contributed by atoms with van der Waals surface area (Å²) in [4.78, 5) is 35.0. The first-order valence-corrected chi connectivity index (χ1v) is 21.8. The molecule has 0 fully saturated rings. The van der Waals surface area contributed by atoms with Crippen LogP contribution in [0, 0.1) is 0 Å². The van der Waals surface area contributed by atoms with E-state index in [4.69, 9.17) is 18.9 Å². The first kappa shape index (κ1) is 45.1. The Kier molecular flexibility index (Phi) is 19.6. The van der Waals surface area contributed by atoms with Gasteiger partial charge in [0.15, 0.2) is 0 Å². The molecule has 0 unspecified atom stereocenters. The fraction of sp³-hybridized carbons (Fsp3) is 0.346. The second kappa shape index (κ2) is 26.2. The minimum absolute atomic E-state index is 0.255. The molecule has 0 saturated heterocycles. The molecule has 0 saturated carbocycles. The molecular formula is C52H60N2O6. The predicted octanol–water partition coefficient (Wildman–Crippen LogP) is 13.9. The minimum Gasteiger partial charge on any atom is -0.494 e. The first-order valence-electron chi connectivity index (χ1n) is 21.8. The molecule has 314 valence electrons. The fourth-order valence-electron chi connectivity index (χ4n) is 6.40. The normalized spacial score (nSPS) is 11.2. The van der Waals surface area contributed by atoms with Crippen molar-refractivity contribution in [3.63, 3.8) is 0 Å². The van der Waals surface area contributed by atoms with Gasteiger partial charge in [-0.05, 0) is 109 Å². The average Bonchev–Trinajstić information content (AvgIpc) is 3.28. The van der Waals surface area contributed by atoms with E-state index in [1.54, 1.807) is 79.2 Å². The van der Waals surface area contributed by atoms with E-state index in [1.165, 1.54) is 83.1 Å². The highest BCUT2D eigenvalue weighted by molar-refractivity contribution is 5.93. The number of unbranched alkanes of at least 4 members (excludes halogenated alkanes) is 12. The van der Waals surface area contributed by atoms with Gasteiger partial charge in [0, 0.05) is 18.5 Å². The van der Waals surface area contributed by atoms with Crippen molar-refractivity contribution in [3.05, 3.63) is 144 Å². The van der Waals surface area contributed by atoms with Crippen molar-refractivity contribution in [3.8, 4) is 23.0 Å². The van der Waals surface area contributed by atoms with Crippen LogP contribution in [0.4, 0.5) is 11.4 Å². The van der Waals surface area contributed by atoms with E-state index in [0.717, 1.165) is 60.1 Å². The molecule has 0 radical (unpaired) electrons. The Bertz CT molecular complexity index is 1910. The lowest BCUT2D eigenvalue weighted by Crippen LogP contribution is -2.10. The Morgan fingerprint density at radius 3 is 1.18 bits per heavy atom. The predicted molar refractivity (Wildman–Crippen MR) is 244 cm³/mol. The standard InChI is InChI=1S/C52H60N2O6/c1-3-5-7-9-11-13-15-36-57-47-32-28-45(29-33-47)53-39-41-20-24-43(25-21-41)51(55)59-49-18-17-19-50(38-49)60-52(56)44-26-22-42(23-27-44)40-54-46-30-34-48(35-31-46)58-37-16-14-12-10-8-6-4-2/h17-35,38-40H,3-16,36-37H2,1-2H3. The third-order valence-corrected chi connectivity index (χ3v) is 9.95. The van der Waals surface area contributed by atoms with Gasteiger partial charge in [-0.2, -0.15) is 0 Å². The molecule has 60 heavy (non-hydrogen) atoms. The van der Waals surface area contributed by atoms with Crippen molar-refractivity contribution in [2.24, 2.45) is 9.98 Å². The molecule has 0 heterocycles. The van der Waals surface area contributed by atoms with E-state index < -0.39 is 11.9 Å². The van der Waals surface area contributed by atoms with Gasteiger partial charge in [-0.1, -0.05) is 121 Å². The van der Waals surface area contributed by atoms with E-state index in [9.17, 15) is 9.59 Å². The molecule has 0 amide bonds. The summed E-state index contributed by atoms with van der Waals surface area (Å²) in [6.45, 7) is 5.93. The Hall–Kier alpha value is -6.02. The van der Waals surface area contributed by atoms with Crippen LogP contribution in [0.3, 0.4) is 0 Å². The van der Waals surface area contributed by atoms with Gasteiger partial charge in [0.05, 0.1) is 35.7 Å². The molecule has 8 heteroatoms. The number of carbonyl (C=O) groups excluding carboxylic acids is 2. The lowest BCUT2D eigenvalue weighted by atomic mass is 10.1. The van der Waals surface area contributed by atoms with Crippen LogP contribution < -0.4 is 18.9 Å². The molecular weight excluding hydrogens is 749 g/mol. The molecule has 0 N–H and O–H groups in total. The Morgan fingerprint density at radius 1 is 0.433 bits per heavy atom. The van der Waals surface area contributed by atoms with E-state index in [-0.39, 0.29) is 11.5 Å². The van der Waals surface area contributed by atoms with Gasteiger partial charge in [0.2, 0.25) is 0 Å². The van der Waals surface area contributed by atoms with Crippen LogP contribution in [0.25, 0.3) is 0 Å². The zero-order valence-corrected chi connectivity index (χ0v) is 35.4. The molecule has 8 nitrogen and oxygen atoms in total. The number of hydrogen-bond donors (Lipinski definition) is 0. The van der Waals surface area contributed by atoms with Crippen LogP contribution in [0.15, 0.2) is 131 Å². The molecule has 0 aliphatic heterocycles. The summed E-state index contributed by atoms with van der Waals surface area (Å²) in [5.41, 5.74) is 4.04. The summed E-state index contributed by atoms with van der Waals surface area (Å²) in [5, 5.41) is 0. The van der Waals surface area contributed by atoms with Crippen molar-refractivity contribution in [1.82, 2.24) is 0 Å². The van der Waals surface area contributed by atoms with Crippen molar-refractivity contribution >= 4 is 35.7 Å². The van der Waals surface area contributed by atoms with Crippen molar-refractivity contribution in [2.75, 3.05) is 13.2 Å². The van der Waals surface area contributed by atoms with E-state index in [1.807, 2.05) is 48.5 Å². The number of aliphatic imine (C=N–C) groups is 2. The zero-order chi connectivity index (χ0) is 42.0. The van der Waals surface area contributed by atoms with E-state index in [2.05, 4.69) is 23.8 Å². The summed E-state index contributed by atoms with van der Waals surface area (Å²) < 4.78 is 23.0. The summed E-state index contributed by atoms with van der Waals surface area (Å²) in [7, 11) is 0. The van der Waals surface area contributed by atoms with Gasteiger partial charge in [-0.25, -0.2) is 9.59 Å². The van der Waals surface area contributed by atoms with Crippen LogP contribution in [-0.4, -0.2) is 37.6 Å². The Balaban J connectivity index is 1.02. The maximum absolute atomic E-state index is 12.9. The van der Waals surface area contributed by atoms with Gasteiger partial charge in [0.1, 0.15) is 23.0 Å². The minimum atomic E-state index is -0.533. The number of esters is 2. The van der Waals surface area contributed by atoms with Gasteiger partial charge >= 0.3 is 11.9 Å². The zero-order valence-electron chi connectivity index (χ0n) is 35.4.